The zero-order valence-corrected chi connectivity index (χ0v) is 19.6. The molecular weight excluding hydrogens is 430 g/mol. The van der Waals surface area contributed by atoms with Crippen LogP contribution in [0.2, 0.25) is 0 Å². The summed E-state index contributed by atoms with van der Waals surface area (Å²) in [6, 6.07) is 18.2. The second-order valence-corrected chi connectivity index (χ2v) is 8.40. The molecule has 1 heterocycles. The van der Waals surface area contributed by atoms with Gasteiger partial charge in [0.05, 0.1) is 13.2 Å². The highest BCUT2D eigenvalue weighted by Crippen LogP contribution is 2.09. The summed E-state index contributed by atoms with van der Waals surface area (Å²) in [6.45, 7) is 3.44. The van der Waals surface area contributed by atoms with Crippen molar-refractivity contribution in [3.8, 4) is 0 Å². The number of nitrogens with zero attached hydrogens (tertiary/aromatic N) is 1. The number of rotatable bonds is 10. The number of benzene rings is 2. The molecular formula is C27H33N3O4. The number of morpholine rings is 1. The molecule has 0 unspecified atom stereocenters. The van der Waals surface area contributed by atoms with Gasteiger partial charge in [-0.3, -0.25) is 9.59 Å². The fraction of sp³-hybridized carbons (Fsp3) is 0.370. The summed E-state index contributed by atoms with van der Waals surface area (Å²) in [5.41, 5.74) is 2.10. The van der Waals surface area contributed by atoms with Crippen molar-refractivity contribution in [2.24, 2.45) is 0 Å². The van der Waals surface area contributed by atoms with Gasteiger partial charge in [0.1, 0.15) is 6.04 Å². The maximum atomic E-state index is 13.3. The Kier molecular flexibility index (Phi) is 9.85. The molecule has 2 aromatic rings. The lowest BCUT2D eigenvalue weighted by molar-refractivity contribution is -0.123. The summed E-state index contributed by atoms with van der Waals surface area (Å²) >= 11 is 0. The molecule has 2 N–H and O–H groups in total. The van der Waals surface area contributed by atoms with Gasteiger partial charge in [0.2, 0.25) is 5.91 Å². The molecule has 0 saturated carbocycles. The highest BCUT2D eigenvalue weighted by atomic mass is 16.5. The Morgan fingerprint density at radius 2 is 1.56 bits per heavy atom. The number of ketones is 1. The Hall–Kier alpha value is -3.45. The molecule has 3 rings (SSSR count). The molecule has 0 aliphatic carbocycles. The van der Waals surface area contributed by atoms with E-state index in [9.17, 15) is 14.4 Å². The number of amides is 3. The average Bonchev–Trinajstić information content (AvgIpc) is 2.86. The molecule has 1 saturated heterocycles. The molecule has 1 aliphatic rings. The van der Waals surface area contributed by atoms with Crippen molar-refractivity contribution < 1.29 is 19.1 Å². The van der Waals surface area contributed by atoms with Crippen LogP contribution in [0.15, 0.2) is 72.8 Å². The SMILES string of the molecule is CC(=O)/C=C/[C@H](CCc1ccccc1)NC(=O)[C@H](Cc1ccccc1)NC(=O)N1CCOCC1. The van der Waals surface area contributed by atoms with Crippen molar-refractivity contribution >= 4 is 17.7 Å². The third-order valence-corrected chi connectivity index (χ3v) is 5.67. The van der Waals surface area contributed by atoms with Gasteiger partial charge in [-0.1, -0.05) is 66.7 Å². The van der Waals surface area contributed by atoms with Gasteiger partial charge in [0.15, 0.2) is 5.78 Å². The van der Waals surface area contributed by atoms with Gasteiger partial charge in [-0.25, -0.2) is 4.79 Å². The van der Waals surface area contributed by atoms with E-state index in [1.807, 2.05) is 60.7 Å². The average molecular weight is 464 g/mol. The number of hydrogen-bond donors (Lipinski definition) is 2. The Labute approximate surface area is 201 Å². The zero-order chi connectivity index (χ0) is 24.2. The van der Waals surface area contributed by atoms with E-state index < -0.39 is 6.04 Å². The van der Waals surface area contributed by atoms with Crippen molar-refractivity contribution in [2.75, 3.05) is 26.3 Å². The van der Waals surface area contributed by atoms with E-state index in [2.05, 4.69) is 10.6 Å². The van der Waals surface area contributed by atoms with Crippen molar-refractivity contribution in [1.82, 2.24) is 15.5 Å². The monoisotopic (exact) mass is 463 g/mol. The lowest BCUT2D eigenvalue weighted by atomic mass is 10.0. The third kappa shape index (κ3) is 8.48. The van der Waals surface area contributed by atoms with E-state index in [-0.39, 0.29) is 23.8 Å². The van der Waals surface area contributed by atoms with Crippen LogP contribution in [-0.2, 0) is 27.2 Å². The second-order valence-electron chi connectivity index (χ2n) is 8.40. The number of ether oxygens (including phenoxy) is 1. The van der Waals surface area contributed by atoms with E-state index >= 15 is 0 Å². The maximum Gasteiger partial charge on any atom is 0.318 e. The van der Waals surface area contributed by atoms with Gasteiger partial charge in [0, 0.05) is 25.6 Å². The molecule has 180 valence electrons. The lowest BCUT2D eigenvalue weighted by Crippen LogP contribution is -2.55. The Bertz CT molecular complexity index is 956. The molecule has 0 radical (unpaired) electrons. The van der Waals surface area contributed by atoms with Gasteiger partial charge >= 0.3 is 6.03 Å². The minimum absolute atomic E-state index is 0.0829. The van der Waals surface area contributed by atoms with Crippen molar-refractivity contribution in [2.45, 2.75) is 38.3 Å². The first-order valence-corrected chi connectivity index (χ1v) is 11.7. The molecule has 7 nitrogen and oxygen atoms in total. The number of hydrogen-bond acceptors (Lipinski definition) is 4. The smallest absolute Gasteiger partial charge is 0.318 e. The largest absolute Gasteiger partial charge is 0.378 e. The van der Waals surface area contributed by atoms with Crippen LogP contribution in [0.25, 0.3) is 0 Å². The summed E-state index contributed by atoms with van der Waals surface area (Å²) in [6.07, 6.45) is 4.96. The molecule has 7 heteroatoms. The van der Waals surface area contributed by atoms with Crippen LogP contribution in [0.3, 0.4) is 0 Å². The zero-order valence-electron chi connectivity index (χ0n) is 19.6. The normalized spacial score (nSPS) is 15.5. The van der Waals surface area contributed by atoms with Gasteiger partial charge in [-0.05, 0) is 37.0 Å². The molecule has 3 amide bonds. The van der Waals surface area contributed by atoms with Crippen LogP contribution < -0.4 is 10.6 Å². The predicted molar refractivity (Wildman–Crippen MR) is 131 cm³/mol. The van der Waals surface area contributed by atoms with Crippen LogP contribution in [0.4, 0.5) is 4.79 Å². The molecule has 34 heavy (non-hydrogen) atoms. The minimum Gasteiger partial charge on any atom is -0.378 e. The summed E-state index contributed by atoms with van der Waals surface area (Å²) in [7, 11) is 0. The molecule has 0 bridgehead atoms. The van der Waals surface area contributed by atoms with E-state index in [0.717, 1.165) is 17.5 Å². The quantitative estimate of drug-likeness (QED) is 0.531. The van der Waals surface area contributed by atoms with Gasteiger partial charge in [-0.15, -0.1) is 0 Å². The number of urea groups is 1. The van der Waals surface area contributed by atoms with Gasteiger partial charge in [-0.2, -0.15) is 0 Å². The van der Waals surface area contributed by atoms with Crippen LogP contribution in [0.5, 0.6) is 0 Å². The molecule has 2 atom stereocenters. The van der Waals surface area contributed by atoms with Crippen molar-refractivity contribution in [1.29, 1.82) is 0 Å². The van der Waals surface area contributed by atoms with Gasteiger partial charge < -0.3 is 20.3 Å². The number of allylic oxidation sites excluding steroid dienone is 1. The van der Waals surface area contributed by atoms with E-state index in [1.54, 1.807) is 11.0 Å². The van der Waals surface area contributed by atoms with E-state index in [4.69, 9.17) is 4.74 Å². The molecule has 1 fully saturated rings. The predicted octanol–water partition coefficient (Wildman–Crippen LogP) is 2.90. The Balaban J connectivity index is 1.71. The van der Waals surface area contributed by atoms with Crippen LogP contribution >= 0.6 is 0 Å². The first kappa shape index (κ1) is 25.2. The first-order chi connectivity index (χ1) is 16.5. The Morgan fingerprint density at radius 1 is 0.941 bits per heavy atom. The third-order valence-electron chi connectivity index (χ3n) is 5.67. The number of aryl methyl sites for hydroxylation is 1. The van der Waals surface area contributed by atoms with Crippen molar-refractivity contribution in [3.63, 3.8) is 0 Å². The molecule has 1 aliphatic heterocycles. The lowest BCUT2D eigenvalue weighted by Gasteiger charge is -2.29. The first-order valence-electron chi connectivity index (χ1n) is 11.7. The van der Waals surface area contributed by atoms with Gasteiger partial charge in [0.25, 0.3) is 0 Å². The topological polar surface area (TPSA) is 87.7 Å². The Morgan fingerprint density at radius 3 is 2.18 bits per heavy atom. The summed E-state index contributed by atoms with van der Waals surface area (Å²) < 4.78 is 5.32. The number of carbonyl (C=O) groups excluding carboxylic acids is 3. The molecule has 0 aromatic heterocycles. The number of nitrogens with one attached hydrogen (secondary N) is 2. The van der Waals surface area contributed by atoms with E-state index in [1.165, 1.54) is 13.0 Å². The molecule has 0 spiro atoms. The number of carbonyl (C=O) groups is 3. The second kappa shape index (κ2) is 13.3. The van der Waals surface area contributed by atoms with Crippen LogP contribution in [0.1, 0.15) is 24.5 Å². The summed E-state index contributed by atoms with van der Waals surface area (Å²) in [4.78, 5) is 39.4. The van der Waals surface area contributed by atoms with E-state index in [0.29, 0.717) is 39.1 Å². The standard InChI is InChI=1S/C27H33N3O4/c1-21(31)12-14-24(15-13-22-8-4-2-5-9-22)28-26(32)25(20-23-10-6-3-7-11-23)29-27(33)30-16-18-34-19-17-30/h2-12,14,24-25H,13,15-20H2,1H3,(H,28,32)(H,29,33)/b14-12+/t24-,25+/m1/s1. The fourth-order valence-electron chi connectivity index (χ4n) is 3.78. The fourth-order valence-corrected chi connectivity index (χ4v) is 3.78. The van der Waals surface area contributed by atoms with Crippen LogP contribution in [0, 0.1) is 0 Å². The minimum atomic E-state index is -0.748. The summed E-state index contributed by atoms with van der Waals surface area (Å²) in [5, 5.41) is 5.94. The highest BCUT2D eigenvalue weighted by molar-refractivity contribution is 5.89. The maximum absolute atomic E-state index is 13.3. The van der Waals surface area contributed by atoms with Crippen molar-refractivity contribution in [3.05, 3.63) is 83.9 Å². The molecule has 2 aromatic carbocycles. The van der Waals surface area contributed by atoms with Crippen LogP contribution in [-0.4, -0.2) is 61.0 Å². The highest BCUT2D eigenvalue weighted by Gasteiger charge is 2.26. The summed E-state index contributed by atoms with van der Waals surface area (Å²) in [5.74, 6) is -0.364.